The number of ether oxygens (including phenoxy) is 3. The van der Waals surface area contributed by atoms with Crippen LogP contribution in [-0.4, -0.2) is 74.6 Å². The molecule has 1 aliphatic rings. The minimum Gasteiger partial charge on any atom is -0.497 e. The molecule has 3 rings (SSSR count). The van der Waals surface area contributed by atoms with Gasteiger partial charge in [0.1, 0.15) is 23.9 Å². The van der Waals surface area contributed by atoms with Crippen molar-refractivity contribution in [2.75, 3.05) is 41.0 Å². The van der Waals surface area contributed by atoms with Crippen molar-refractivity contribution in [3.05, 3.63) is 59.4 Å². The zero-order chi connectivity index (χ0) is 26.2. The van der Waals surface area contributed by atoms with Crippen LogP contribution in [0.15, 0.2) is 47.6 Å². The Morgan fingerprint density at radius 1 is 1.14 bits per heavy atom. The average Bonchev–Trinajstić information content (AvgIpc) is 3.31. The molecule has 0 saturated carbocycles. The Bertz CT molecular complexity index is 1090. The molecule has 3 amide bonds. The van der Waals surface area contributed by atoms with Crippen LogP contribution in [0.5, 0.6) is 11.5 Å². The number of carbonyl (C=O) groups excluding carboxylic acids is 2. The Morgan fingerprint density at radius 2 is 1.86 bits per heavy atom. The Hall–Kier alpha value is -3.66. The van der Waals surface area contributed by atoms with Gasteiger partial charge < -0.3 is 24.4 Å². The van der Waals surface area contributed by atoms with Crippen LogP contribution in [0.1, 0.15) is 37.4 Å². The first-order valence-corrected chi connectivity index (χ1v) is 11.7. The van der Waals surface area contributed by atoms with Crippen molar-refractivity contribution in [3.63, 3.8) is 0 Å². The van der Waals surface area contributed by atoms with E-state index in [1.54, 1.807) is 38.5 Å². The summed E-state index contributed by atoms with van der Waals surface area (Å²) in [5.41, 5.74) is 2.08. The summed E-state index contributed by atoms with van der Waals surface area (Å²) in [6.07, 6.45) is 0.385. The van der Waals surface area contributed by atoms with E-state index in [0.29, 0.717) is 23.6 Å². The van der Waals surface area contributed by atoms with Crippen molar-refractivity contribution < 1.29 is 28.2 Å². The van der Waals surface area contributed by atoms with Crippen molar-refractivity contribution in [3.8, 4) is 11.5 Å². The Morgan fingerprint density at radius 3 is 2.47 bits per heavy atom. The van der Waals surface area contributed by atoms with Crippen LogP contribution >= 0.6 is 0 Å². The standard InChI is InChI=1S/C26H33FN4O5/c1-17(2)28-26(33)30(12-13-34-3)16-25(32)31-23(18-6-8-19(27)9-7-18)15-22(29-31)21-11-10-20(35-4)14-24(21)36-5/h6-11,14,17,23H,12-13,15-16H2,1-5H3,(H,28,33)/t23-/m1/s1. The third-order valence-electron chi connectivity index (χ3n) is 5.73. The maximum atomic E-state index is 13.6. The lowest BCUT2D eigenvalue weighted by Gasteiger charge is -2.27. The molecule has 0 bridgehead atoms. The topological polar surface area (TPSA) is 92.7 Å². The molecule has 1 atom stereocenters. The van der Waals surface area contributed by atoms with Gasteiger partial charge in [-0.1, -0.05) is 12.1 Å². The fraction of sp³-hybridized carbons (Fsp3) is 0.423. The first kappa shape index (κ1) is 26.9. The summed E-state index contributed by atoms with van der Waals surface area (Å²) in [6, 6.07) is 10.4. The number of methoxy groups -OCH3 is 3. The number of halogens is 1. The first-order chi connectivity index (χ1) is 17.3. The summed E-state index contributed by atoms with van der Waals surface area (Å²) in [5, 5.41) is 8.83. The molecule has 2 aromatic rings. The van der Waals surface area contributed by atoms with Crippen LogP contribution in [0, 0.1) is 5.82 Å². The molecule has 0 aromatic heterocycles. The summed E-state index contributed by atoms with van der Waals surface area (Å²) in [6.45, 7) is 4.00. The molecule has 1 N–H and O–H groups in total. The van der Waals surface area contributed by atoms with E-state index in [9.17, 15) is 14.0 Å². The first-order valence-electron chi connectivity index (χ1n) is 11.7. The number of rotatable bonds is 10. The molecule has 1 heterocycles. The van der Waals surface area contributed by atoms with Crippen molar-refractivity contribution >= 4 is 17.6 Å². The van der Waals surface area contributed by atoms with E-state index in [0.717, 1.165) is 11.1 Å². The molecule has 1 aliphatic heterocycles. The maximum Gasteiger partial charge on any atom is 0.318 e. The highest BCUT2D eigenvalue weighted by atomic mass is 19.1. The quantitative estimate of drug-likeness (QED) is 0.538. The molecule has 0 radical (unpaired) electrons. The van der Waals surface area contributed by atoms with E-state index < -0.39 is 6.04 Å². The SMILES string of the molecule is COCCN(CC(=O)N1N=C(c2ccc(OC)cc2OC)C[C@@H]1c1ccc(F)cc1)C(=O)NC(C)C. The monoisotopic (exact) mass is 500 g/mol. The van der Waals surface area contributed by atoms with Gasteiger partial charge in [-0.25, -0.2) is 14.2 Å². The van der Waals surface area contributed by atoms with Crippen LogP contribution in [-0.2, 0) is 9.53 Å². The molecular formula is C26H33FN4O5. The van der Waals surface area contributed by atoms with E-state index in [1.165, 1.54) is 29.2 Å². The largest absolute Gasteiger partial charge is 0.497 e. The molecule has 194 valence electrons. The normalized spacial score (nSPS) is 15.0. The third-order valence-corrected chi connectivity index (χ3v) is 5.73. The summed E-state index contributed by atoms with van der Waals surface area (Å²) in [4.78, 5) is 27.6. The Kier molecular flexibility index (Phi) is 9.24. The number of benzene rings is 2. The van der Waals surface area contributed by atoms with Gasteiger partial charge in [-0.15, -0.1) is 0 Å². The average molecular weight is 501 g/mol. The van der Waals surface area contributed by atoms with Gasteiger partial charge in [0, 0.05) is 37.7 Å². The second kappa shape index (κ2) is 12.3. The molecule has 9 nitrogen and oxygen atoms in total. The molecule has 0 aliphatic carbocycles. The minimum absolute atomic E-state index is 0.0939. The fourth-order valence-electron chi connectivity index (χ4n) is 3.91. The Labute approximate surface area is 210 Å². The third kappa shape index (κ3) is 6.51. The second-order valence-electron chi connectivity index (χ2n) is 8.64. The lowest BCUT2D eigenvalue weighted by Crippen LogP contribution is -2.48. The number of hydrogen-bond acceptors (Lipinski definition) is 6. The van der Waals surface area contributed by atoms with Gasteiger partial charge in [0.05, 0.1) is 32.6 Å². The van der Waals surface area contributed by atoms with Gasteiger partial charge in [0.2, 0.25) is 0 Å². The van der Waals surface area contributed by atoms with Crippen LogP contribution in [0.3, 0.4) is 0 Å². The zero-order valence-electron chi connectivity index (χ0n) is 21.3. The van der Waals surface area contributed by atoms with E-state index in [4.69, 9.17) is 14.2 Å². The van der Waals surface area contributed by atoms with Crippen molar-refractivity contribution in [2.24, 2.45) is 5.10 Å². The number of nitrogens with one attached hydrogen (secondary N) is 1. The predicted octanol–water partition coefficient (Wildman–Crippen LogP) is 3.59. The molecule has 0 saturated heterocycles. The molecule has 36 heavy (non-hydrogen) atoms. The fourth-order valence-corrected chi connectivity index (χ4v) is 3.91. The maximum absolute atomic E-state index is 13.6. The summed E-state index contributed by atoms with van der Waals surface area (Å²) < 4.78 is 29.6. The summed E-state index contributed by atoms with van der Waals surface area (Å²) >= 11 is 0. The molecule has 0 spiro atoms. The smallest absolute Gasteiger partial charge is 0.318 e. The second-order valence-corrected chi connectivity index (χ2v) is 8.64. The number of urea groups is 1. The van der Waals surface area contributed by atoms with Crippen molar-refractivity contribution in [2.45, 2.75) is 32.4 Å². The van der Waals surface area contributed by atoms with Gasteiger partial charge in [-0.2, -0.15) is 5.10 Å². The summed E-state index contributed by atoms with van der Waals surface area (Å²) in [7, 11) is 4.65. The Balaban J connectivity index is 1.94. The number of amides is 3. The van der Waals surface area contributed by atoms with E-state index in [-0.39, 0.29) is 43.5 Å². The van der Waals surface area contributed by atoms with Gasteiger partial charge in [0.15, 0.2) is 0 Å². The van der Waals surface area contributed by atoms with E-state index >= 15 is 0 Å². The van der Waals surface area contributed by atoms with E-state index in [1.807, 2.05) is 19.9 Å². The molecule has 0 unspecified atom stereocenters. The van der Waals surface area contributed by atoms with Crippen LogP contribution in [0.25, 0.3) is 0 Å². The van der Waals surface area contributed by atoms with E-state index in [2.05, 4.69) is 10.4 Å². The van der Waals surface area contributed by atoms with Gasteiger partial charge in [0.25, 0.3) is 5.91 Å². The van der Waals surface area contributed by atoms with Crippen molar-refractivity contribution in [1.82, 2.24) is 15.2 Å². The molecule has 2 aromatic carbocycles. The summed E-state index contributed by atoms with van der Waals surface area (Å²) in [5.74, 6) is 0.436. The van der Waals surface area contributed by atoms with Crippen LogP contribution in [0.4, 0.5) is 9.18 Å². The number of hydrogen-bond donors (Lipinski definition) is 1. The van der Waals surface area contributed by atoms with Gasteiger partial charge >= 0.3 is 6.03 Å². The van der Waals surface area contributed by atoms with Crippen molar-refractivity contribution in [1.29, 1.82) is 0 Å². The van der Waals surface area contributed by atoms with Crippen LogP contribution < -0.4 is 14.8 Å². The lowest BCUT2D eigenvalue weighted by molar-refractivity contribution is -0.133. The highest BCUT2D eigenvalue weighted by molar-refractivity contribution is 6.05. The number of nitrogens with zero attached hydrogens (tertiary/aromatic N) is 3. The molecule has 10 heteroatoms. The molecule has 0 fully saturated rings. The zero-order valence-corrected chi connectivity index (χ0v) is 21.3. The van der Waals surface area contributed by atoms with Gasteiger partial charge in [-0.3, -0.25) is 4.79 Å². The molecular weight excluding hydrogens is 467 g/mol. The number of carbonyl (C=O) groups is 2. The highest BCUT2D eigenvalue weighted by Crippen LogP contribution is 2.36. The minimum atomic E-state index is -0.475. The highest BCUT2D eigenvalue weighted by Gasteiger charge is 2.35. The predicted molar refractivity (Wildman–Crippen MR) is 134 cm³/mol. The van der Waals surface area contributed by atoms with Crippen LogP contribution in [0.2, 0.25) is 0 Å². The van der Waals surface area contributed by atoms with Gasteiger partial charge in [-0.05, 0) is 43.7 Å². The lowest BCUT2D eigenvalue weighted by atomic mass is 9.97. The number of hydrazone groups is 1.